The van der Waals surface area contributed by atoms with Crippen molar-refractivity contribution in [3.63, 3.8) is 0 Å². The second-order valence-electron chi connectivity index (χ2n) is 3.40. The quantitative estimate of drug-likeness (QED) is 0.623. The number of hydrogen-bond acceptors (Lipinski definition) is 4. The molecule has 3 rings (SSSR count). The van der Waals surface area contributed by atoms with Crippen LogP contribution in [0.5, 0.6) is 0 Å². The molecule has 0 spiro atoms. The number of benzene rings is 2. The maximum absolute atomic E-state index is 10.7. The Kier molecular flexibility index (Phi) is 1.86. The van der Waals surface area contributed by atoms with Gasteiger partial charge in [-0.1, -0.05) is 30.3 Å². The minimum atomic E-state index is -0.789. The fourth-order valence-corrected chi connectivity index (χ4v) is 1.63. The molecule has 16 heavy (non-hydrogen) atoms. The fourth-order valence-electron chi connectivity index (χ4n) is 1.63. The summed E-state index contributed by atoms with van der Waals surface area (Å²) >= 11 is 0. The van der Waals surface area contributed by atoms with Gasteiger partial charge in [-0.25, -0.2) is 4.79 Å². The van der Waals surface area contributed by atoms with Crippen LogP contribution in [0.25, 0.3) is 22.2 Å². The predicted molar refractivity (Wildman–Crippen MR) is 58.0 cm³/mol. The topological polar surface area (TPSA) is 56.2 Å². The molecular formula is C12H7NO3. The molecule has 0 bridgehead atoms. The number of nitrogens with zero attached hydrogens (tertiary/aromatic N) is 1. The zero-order chi connectivity index (χ0) is 11.0. The van der Waals surface area contributed by atoms with E-state index in [1.54, 1.807) is 0 Å². The number of fused-ring (bicyclic) bond motifs is 1. The van der Waals surface area contributed by atoms with E-state index in [4.69, 9.17) is 4.42 Å². The van der Waals surface area contributed by atoms with E-state index in [-0.39, 0.29) is 5.89 Å². The Morgan fingerprint density at radius 1 is 1.00 bits per heavy atom. The van der Waals surface area contributed by atoms with Crippen LogP contribution in [-0.4, -0.2) is 5.16 Å². The summed E-state index contributed by atoms with van der Waals surface area (Å²) in [5.74, 6) is -0.584. The molecule has 4 nitrogen and oxygen atoms in total. The summed E-state index contributed by atoms with van der Waals surface area (Å²) in [4.78, 5) is 10.7. The molecule has 1 aromatic heterocycles. The van der Waals surface area contributed by atoms with E-state index in [1.807, 2.05) is 42.5 Å². The van der Waals surface area contributed by atoms with E-state index in [2.05, 4.69) is 9.68 Å². The molecule has 0 atom stereocenters. The van der Waals surface area contributed by atoms with Gasteiger partial charge in [0.25, 0.3) is 5.89 Å². The van der Waals surface area contributed by atoms with Crippen molar-refractivity contribution in [3.8, 4) is 11.5 Å². The van der Waals surface area contributed by atoms with Crippen LogP contribution in [-0.2, 0) is 0 Å². The van der Waals surface area contributed by atoms with Crippen molar-refractivity contribution in [2.24, 2.45) is 0 Å². The molecule has 4 heteroatoms. The van der Waals surface area contributed by atoms with Gasteiger partial charge in [0.2, 0.25) is 0 Å². The molecule has 2 aromatic carbocycles. The van der Waals surface area contributed by atoms with Crippen molar-refractivity contribution >= 4 is 10.8 Å². The molecule has 0 fully saturated rings. The molecule has 0 aliphatic rings. The van der Waals surface area contributed by atoms with Crippen molar-refractivity contribution in [2.75, 3.05) is 0 Å². The Morgan fingerprint density at radius 3 is 2.56 bits per heavy atom. The Morgan fingerprint density at radius 2 is 1.81 bits per heavy atom. The van der Waals surface area contributed by atoms with Crippen molar-refractivity contribution in [1.29, 1.82) is 0 Å². The summed E-state index contributed by atoms with van der Waals surface area (Å²) in [5, 5.41) is 5.72. The minimum Gasteiger partial charge on any atom is -0.370 e. The van der Waals surface area contributed by atoms with Gasteiger partial charge in [-0.2, -0.15) is 0 Å². The van der Waals surface area contributed by atoms with Gasteiger partial charge in [-0.3, -0.25) is 4.52 Å². The summed E-state index contributed by atoms with van der Waals surface area (Å²) in [5.41, 5.74) is 0.726. The molecule has 0 N–H and O–H groups in total. The summed E-state index contributed by atoms with van der Waals surface area (Å²) < 4.78 is 9.14. The summed E-state index contributed by atoms with van der Waals surface area (Å²) in [6.45, 7) is 0. The van der Waals surface area contributed by atoms with Crippen molar-refractivity contribution in [1.82, 2.24) is 5.16 Å². The summed E-state index contributed by atoms with van der Waals surface area (Å²) in [6, 6.07) is 13.6. The SMILES string of the molecule is O=c1onc(-c2ccc3ccccc3c2)o1. The van der Waals surface area contributed by atoms with Crippen LogP contribution in [0.1, 0.15) is 0 Å². The van der Waals surface area contributed by atoms with Gasteiger partial charge in [0.15, 0.2) is 0 Å². The highest BCUT2D eigenvalue weighted by atomic mass is 16.6. The summed E-state index contributed by atoms with van der Waals surface area (Å²) in [6.07, 6.45) is 0. The van der Waals surface area contributed by atoms with E-state index in [9.17, 15) is 4.79 Å². The van der Waals surface area contributed by atoms with Gasteiger partial charge >= 0.3 is 5.82 Å². The first-order chi connectivity index (χ1) is 7.83. The largest absolute Gasteiger partial charge is 0.542 e. The monoisotopic (exact) mass is 213 g/mol. The number of rotatable bonds is 1. The molecule has 0 unspecified atom stereocenters. The molecular weight excluding hydrogens is 206 g/mol. The maximum atomic E-state index is 10.7. The zero-order valence-corrected chi connectivity index (χ0v) is 8.21. The lowest BCUT2D eigenvalue weighted by Crippen LogP contribution is -1.85. The Hall–Kier alpha value is -2.36. The molecule has 0 saturated carbocycles. The van der Waals surface area contributed by atoms with E-state index < -0.39 is 5.82 Å². The van der Waals surface area contributed by atoms with E-state index in [1.165, 1.54) is 0 Å². The predicted octanol–water partition coefficient (Wildman–Crippen LogP) is 2.45. The number of hydrogen-bond donors (Lipinski definition) is 0. The molecule has 3 aromatic rings. The molecule has 0 amide bonds. The minimum absolute atomic E-state index is 0.204. The lowest BCUT2D eigenvalue weighted by atomic mass is 10.1. The lowest BCUT2D eigenvalue weighted by molar-refractivity contribution is 0.335. The average Bonchev–Trinajstić information content (AvgIpc) is 2.75. The van der Waals surface area contributed by atoms with Crippen LogP contribution in [0.15, 0.2) is 56.2 Å². The molecule has 0 saturated heterocycles. The van der Waals surface area contributed by atoms with E-state index in [0.717, 1.165) is 16.3 Å². The standard InChI is InChI=1S/C12H7NO3/c14-12-15-11(13-16-12)10-6-5-8-3-1-2-4-9(8)7-10/h1-7H. The first-order valence-electron chi connectivity index (χ1n) is 4.79. The van der Waals surface area contributed by atoms with Gasteiger partial charge in [-0.15, -0.1) is 0 Å². The van der Waals surface area contributed by atoms with Crippen LogP contribution < -0.4 is 5.82 Å². The smallest absolute Gasteiger partial charge is 0.370 e. The molecule has 0 radical (unpaired) electrons. The zero-order valence-electron chi connectivity index (χ0n) is 8.21. The second-order valence-corrected chi connectivity index (χ2v) is 3.40. The van der Waals surface area contributed by atoms with Gasteiger partial charge in [0, 0.05) is 5.56 Å². The third-order valence-electron chi connectivity index (χ3n) is 2.38. The summed E-state index contributed by atoms with van der Waals surface area (Å²) in [7, 11) is 0. The Labute approximate surface area is 90.1 Å². The van der Waals surface area contributed by atoms with Gasteiger partial charge < -0.3 is 4.42 Å². The third kappa shape index (κ3) is 1.40. The second kappa shape index (κ2) is 3.34. The molecule has 0 aliphatic carbocycles. The molecule has 0 aliphatic heterocycles. The Balaban J connectivity index is 2.22. The molecule has 78 valence electrons. The van der Waals surface area contributed by atoms with Crippen molar-refractivity contribution in [2.45, 2.75) is 0 Å². The van der Waals surface area contributed by atoms with Crippen LogP contribution in [0.2, 0.25) is 0 Å². The lowest BCUT2D eigenvalue weighted by Gasteiger charge is -1.98. The van der Waals surface area contributed by atoms with Crippen LogP contribution in [0.4, 0.5) is 0 Å². The Bertz CT molecular complexity index is 696. The highest BCUT2D eigenvalue weighted by molar-refractivity contribution is 5.86. The van der Waals surface area contributed by atoms with Crippen LogP contribution in [0, 0.1) is 0 Å². The van der Waals surface area contributed by atoms with Crippen LogP contribution >= 0.6 is 0 Å². The van der Waals surface area contributed by atoms with Gasteiger partial charge in [0.1, 0.15) is 0 Å². The molecule has 1 heterocycles. The third-order valence-corrected chi connectivity index (χ3v) is 2.38. The van der Waals surface area contributed by atoms with Crippen molar-refractivity contribution < 1.29 is 8.94 Å². The fraction of sp³-hybridized carbons (Fsp3) is 0. The van der Waals surface area contributed by atoms with Gasteiger partial charge in [0.05, 0.1) is 0 Å². The first-order valence-corrected chi connectivity index (χ1v) is 4.79. The van der Waals surface area contributed by atoms with E-state index in [0.29, 0.717) is 0 Å². The van der Waals surface area contributed by atoms with Crippen LogP contribution in [0.3, 0.4) is 0 Å². The van der Waals surface area contributed by atoms with Gasteiger partial charge in [-0.05, 0) is 28.1 Å². The number of aromatic nitrogens is 1. The highest BCUT2D eigenvalue weighted by Crippen LogP contribution is 2.21. The normalized spacial score (nSPS) is 10.8. The van der Waals surface area contributed by atoms with Crippen molar-refractivity contribution in [3.05, 3.63) is 53.1 Å². The highest BCUT2D eigenvalue weighted by Gasteiger charge is 2.07. The maximum Gasteiger partial charge on any atom is 0.542 e. The first kappa shape index (κ1) is 8.91. The van der Waals surface area contributed by atoms with E-state index >= 15 is 0 Å². The average molecular weight is 213 g/mol.